The fourth-order valence-corrected chi connectivity index (χ4v) is 3.76. The van der Waals surface area contributed by atoms with Gasteiger partial charge >= 0.3 is 6.01 Å². The number of nitrogens with zero attached hydrogens (tertiary/aromatic N) is 8. The van der Waals surface area contributed by atoms with Gasteiger partial charge in [0.1, 0.15) is 23.1 Å². The van der Waals surface area contributed by atoms with Crippen molar-refractivity contribution in [1.29, 1.82) is 0 Å². The van der Waals surface area contributed by atoms with Gasteiger partial charge in [0.05, 0.1) is 23.9 Å². The number of hydrogen-bond donors (Lipinski definition) is 1. The number of hydrogen-bond acceptors (Lipinski definition) is 8. The van der Waals surface area contributed by atoms with Crippen LogP contribution < -0.4 is 4.90 Å². The zero-order valence-electron chi connectivity index (χ0n) is 15.5. The molecule has 0 radical (unpaired) electrons. The Morgan fingerprint density at radius 2 is 2.17 bits per heavy atom. The maximum atomic E-state index is 14.3. The highest BCUT2D eigenvalue weighted by atomic mass is 19.1. The molecule has 30 heavy (non-hydrogen) atoms. The molecule has 10 nitrogen and oxygen atoms in total. The van der Waals surface area contributed by atoms with Gasteiger partial charge in [0.25, 0.3) is 5.89 Å². The molecular formula is C19H14FN9O. The first-order valence-corrected chi connectivity index (χ1v) is 9.30. The van der Waals surface area contributed by atoms with E-state index < -0.39 is 6.04 Å². The minimum Gasteiger partial charge on any atom is -0.401 e. The molecule has 0 amide bonds. The van der Waals surface area contributed by atoms with E-state index in [2.05, 4.69) is 35.2 Å². The highest BCUT2D eigenvalue weighted by Gasteiger charge is 2.36. The lowest BCUT2D eigenvalue weighted by Gasteiger charge is -2.32. The van der Waals surface area contributed by atoms with Crippen molar-refractivity contribution in [2.75, 3.05) is 11.4 Å². The van der Waals surface area contributed by atoms with E-state index in [1.54, 1.807) is 43.2 Å². The van der Waals surface area contributed by atoms with Crippen molar-refractivity contribution < 1.29 is 8.81 Å². The molecule has 1 atom stereocenters. The number of aromatic amines is 1. The molecule has 1 aliphatic heterocycles. The molecular weight excluding hydrogens is 389 g/mol. The van der Waals surface area contributed by atoms with Gasteiger partial charge in [-0.15, -0.1) is 5.10 Å². The summed E-state index contributed by atoms with van der Waals surface area (Å²) in [6.45, 7) is 0.596. The molecule has 5 aromatic rings. The smallest absolute Gasteiger partial charge is 0.319 e. The van der Waals surface area contributed by atoms with Crippen molar-refractivity contribution in [3.63, 3.8) is 0 Å². The molecule has 148 valence electrons. The monoisotopic (exact) mass is 403 g/mol. The molecule has 11 heteroatoms. The SMILES string of the molecule is Fc1cccn2nc([C@@H]3c4nc[nH]c4CCN3c3nnc(-c4cnccn4)o3)cc12. The largest absolute Gasteiger partial charge is 0.401 e. The van der Waals surface area contributed by atoms with Crippen LogP contribution in [0.2, 0.25) is 0 Å². The fraction of sp³-hybridized carbons (Fsp3) is 0.158. The van der Waals surface area contributed by atoms with Crippen LogP contribution in [-0.2, 0) is 6.42 Å². The molecule has 0 aliphatic carbocycles. The number of rotatable bonds is 3. The van der Waals surface area contributed by atoms with Crippen LogP contribution in [-0.4, -0.2) is 46.3 Å². The molecule has 0 unspecified atom stereocenters. The molecule has 0 saturated carbocycles. The molecule has 6 heterocycles. The van der Waals surface area contributed by atoms with E-state index in [0.29, 0.717) is 29.5 Å². The summed E-state index contributed by atoms with van der Waals surface area (Å²) in [4.78, 5) is 17.8. The van der Waals surface area contributed by atoms with Crippen molar-refractivity contribution in [3.05, 3.63) is 72.2 Å². The third kappa shape index (κ3) is 2.55. The van der Waals surface area contributed by atoms with Gasteiger partial charge in [0.15, 0.2) is 0 Å². The van der Waals surface area contributed by atoms with Crippen molar-refractivity contribution in [2.24, 2.45) is 0 Å². The van der Waals surface area contributed by atoms with Crippen LogP contribution in [0.25, 0.3) is 17.1 Å². The third-order valence-corrected chi connectivity index (χ3v) is 5.12. The third-order valence-electron chi connectivity index (χ3n) is 5.12. The number of aromatic nitrogens is 8. The van der Waals surface area contributed by atoms with Gasteiger partial charge in [-0.05, 0) is 18.2 Å². The van der Waals surface area contributed by atoms with Crippen LogP contribution in [0.4, 0.5) is 10.4 Å². The van der Waals surface area contributed by atoms with E-state index in [4.69, 9.17) is 4.42 Å². The Labute approximate surface area is 168 Å². The maximum absolute atomic E-state index is 14.3. The number of fused-ring (bicyclic) bond motifs is 2. The predicted molar refractivity (Wildman–Crippen MR) is 102 cm³/mol. The van der Waals surface area contributed by atoms with Gasteiger partial charge in [-0.3, -0.25) is 4.98 Å². The van der Waals surface area contributed by atoms with Gasteiger partial charge in [-0.25, -0.2) is 18.9 Å². The first-order valence-electron chi connectivity index (χ1n) is 9.30. The van der Waals surface area contributed by atoms with Gasteiger partial charge in [-0.2, -0.15) is 5.10 Å². The Kier molecular flexibility index (Phi) is 3.60. The molecule has 0 bridgehead atoms. The van der Waals surface area contributed by atoms with Crippen molar-refractivity contribution >= 4 is 11.5 Å². The summed E-state index contributed by atoms with van der Waals surface area (Å²) < 4.78 is 21.7. The number of pyridine rings is 1. The highest BCUT2D eigenvalue weighted by molar-refractivity contribution is 5.53. The Morgan fingerprint density at radius 3 is 3.03 bits per heavy atom. The van der Waals surface area contributed by atoms with Crippen molar-refractivity contribution in [1.82, 2.24) is 39.7 Å². The van der Waals surface area contributed by atoms with Crippen molar-refractivity contribution in [2.45, 2.75) is 12.5 Å². The van der Waals surface area contributed by atoms with Crippen LogP contribution >= 0.6 is 0 Å². The second-order valence-electron chi connectivity index (χ2n) is 6.85. The molecule has 6 rings (SSSR count). The fourth-order valence-electron chi connectivity index (χ4n) is 3.76. The minimum atomic E-state index is -0.408. The van der Waals surface area contributed by atoms with Gasteiger partial charge in [0, 0.05) is 37.3 Å². The molecule has 0 saturated heterocycles. The van der Waals surface area contributed by atoms with Crippen LogP contribution in [0.1, 0.15) is 23.1 Å². The van der Waals surface area contributed by atoms with Crippen LogP contribution in [0.5, 0.6) is 0 Å². The molecule has 1 N–H and O–H groups in total. The first kappa shape index (κ1) is 16.8. The second kappa shape index (κ2) is 6.44. The summed E-state index contributed by atoms with van der Waals surface area (Å²) in [7, 11) is 0. The summed E-state index contributed by atoms with van der Waals surface area (Å²) in [5, 5.41) is 12.9. The van der Waals surface area contributed by atoms with Crippen molar-refractivity contribution in [3.8, 4) is 11.6 Å². The average molecular weight is 403 g/mol. The van der Waals surface area contributed by atoms with E-state index in [1.165, 1.54) is 10.6 Å². The Hall–Kier alpha value is -4.15. The first-order chi connectivity index (χ1) is 14.8. The van der Waals surface area contributed by atoms with E-state index >= 15 is 0 Å². The number of anilines is 1. The molecule has 1 aliphatic rings. The number of halogens is 1. The lowest BCUT2D eigenvalue weighted by atomic mass is 10.0. The van der Waals surface area contributed by atoms with Crippen LogP contribution in [0.15, 0.2) is 53.7 Å². The summed E-state index contributed by atoms with van der Waals surface area (Å²) in [6, 6.07) is 4.64. The summed E-state index contributed by atoms with van der Waals surface area (Å²) >= 11 is 0. The summed E-state index contributed by atoms with van der Waals surface area (Å²) in [6.07, 6.45) is 8.76. The summed E-state index contributed by atoms with van der Waals surface area (Å²) in [5.74, 6) is -0.0747. The Balaban J connectivity index is 1.46. The van der Waals surface area contributed by atoms with Crippen LogP contribution in [0, 0.1) is 5.82 Å². The topological polar surface area (TPSA) is 114 Å². The highest BCUT2D eigenvalue weighted by Crippen LogP contribution is 2.36. The number of imidazole rings is 1. The molecule has 0 fully saturated rings. The van der Waals surface area contributed by atoms with E-state index in [-0.39, 0.29) is 11.7 Å². The Bertz CT molecular complexity index is 1340. The van der Waals surface area contributed by atoms with Gasteiger partial charge in [-0.1, -0.05) is 5.10 Å². The summed E-state index contributed by atoms with van der Waals surface area (Å²) in [5.41, 5.74) is 3.31. The average Bonchev–Trinajstić information content (AvgIpc) is 3.52. The minimum absolute atomic E-state index is 0.269. The predicted octanol–water partition coefficient (Wildman–Crippen LogP) is 2.19. The Morgan fingerprint density at radius 1 is 1.20 bits per heavy atom. The van der Waals surface area contributed by atoms with Gasteiger partial charge in [0.2, 0.25) is 0 Å². The normalized spacial score (nSPS) is 16.2. The molecule has 0 spiro atoms. The number of nitrogens with one attached hydrogen (secondary N) is 1. The molecule has 5 aromatic heterocycles. The number of H-pyrrole nitrogens is 1. The maximum Gasteiger partial charge on any atom is 0.319 e. The zero-order valence-corrected chi connectivity index (χ0v) is 15.5. The van der Waals surface area contributed by atoms with E-state index in [0.717, 1.165) is 17.8 Å². The van der Waals surface area contributed by atoms with E-state index in [9.17, 15) is 4.39 Å². The second-order valence-corrected chi connectivity index (χ2v) is 6.85. The van der Waals surface area contributed by atoms with Crippen LogP contribution in [0.3, 0.4) is 0 Å². The van der Waals surface area contributed by atoms with E-state index in [1.807, 2.05) is 4.90 Å². The zero-order chi connectivity index (χ0) is 20.1. The van der Waals surface area contributed by atoms with Gasteiger partial charge < -0.3 is 14.3 Å². The standard InChI is InChI=1S/C19H14FN9O/c20-11-2-1-6-29-15(11)8-13(27-29)17-16-12(23-10-24-16)3-7-28(17)19-26-25-18(30-19)14-9-21-4-5-22-14/h1-2,4-6,8-10,17H,3,7H2,(H,23,24)/t17-/m1/s1. The lowest BCUT2D eigenvalue weighted by Crippen LogP contribution is -2.36. The lowest BCUT2D eigenvalue weighted by molar-refractivity contribution is 0.502. The molecule has 0 aromatic carbocycles. The quantitative estimate of drug-likeness (QED) is 0.488.